The summed E-state index contributed by atoms with van der Waals surface area (Å²) in [5.74, 6) is 0.750. The molecule has 0 aromatic heterocycles. The molecule has 1 aromatic carbocycles. The average Bonchev–Trinajstić information content (AvgIpc) is 3.54. The smallest absolute Gasteiger partial charge is 0.304 e. The van der Waals surface area contributed by atoms with Gasteiger partial charge in [-0.2, -0.15) is 12.7 Å². The molecule has 4 bridgehead atoms. The number of hydrogen-bond acceptors (Lipinski definition) is 5. The van der Waals surface area contributed by atoms with Crippen molar-refractivity contribution in [3.8, 4) is 5.75 Å². The molecule has 5 saturated carbocycles. The second-order valence-corrected chi connectivity index (χ2v) is 13.2. The summed E-state index contributed by atoms with van der Waals surface area (Å²) in [6.45, 7) is 1.18. The number of rotatable bonds is 8. The summed E-state index contributed by atoms with van der Waals surface area (Å²) in [5, 5.41) is 10.9. The first-order chi connectivity index (χ1) is 16.2. The first kappa shape index (κ1) is 22.7. The summed E-state index contributed by atoms with van der Waals surface area (Å²) in [4.78, 5) is 12.7. The van der Waals surface area contributed by atoms with Crippen LogP contribution in [0.1, 0.15) is 79.8 Å². The molecule has 1 atom stereocenters. The van der Waals surface area contributed by atoms with E-state index < -0.39 is 28.0 Å². The van der Waals surface area contributed by atoms with E-state index in [0.29, 0.717) is 25.3 Å². The summed E-state index contributed by atoms with van der Waals surface area (Å²) in [7, 11) is -4.00. The van der Waals surface area contributed by atoms with Crippen LogP contribution in [0.2, 0.25) is 0 Å². The van der Waals surface area contributed by atoms with Crippen LogP contribution in [0.4, 0.5) is 4.39 Å². The fourth-order valence-corrected chi connectivity index (χ4v) is 8.44. The number of aliphatic hydroxyl groups excluding tert-OH is 1. The van der Waals surface area contributed by atoms with Crippen LogP contribution in [0.5, 0.6) is 5.75 Å². The molecule has 7 nitrogen and oxygen atoms in total. The number of carbonyl (C=O) groups excluding carboxylic acids is 1. The van der Waals surface area contributed by atoms with Gasteiger partial charge in [0, 0.05) is 30.1 Å². The fraction of sp³-hybridized carbons (Fsp3) is 0.720. The van der Waals surface area contributed by atoms with Crippen molar-refractivity contribution in [3.05, 3.63) is 29.1 Å². The molecule has 0 radical (unpaired) electrons. The molecule has 6 aliphatic rings. The Labute approximate surface area is 200 Å². The number of ether oxygens (including phenoxy) is 1. The molecule has 9 heteroatoms. The zero-order valence-corrected chi connectivity index (χ0v) is 20.2. The molecule has 186 valence electrons. The number of halogens is 1. The van der Waals surface area contributed by atoms with Gasteiger partial charge in [0.15, 0.2) is 0 Å². The van der Waals surface area contributed by atoms with Crippen LogP contribution in [-0.4, -0.2) is 43.4 Å². The number of benzene rings is 1. The molecule has 1 aliphatic heterocycles. The summed E-state index contributed by atoms with van der Waals surface area (Å²) >= 11 is 0. The number of hydrogen-bond donors (Lipinski definition) is 2. The molecular formula is C25H33FN2O5S. The van der Waals surface area contributed by atoms with Gasteiger partial charge in [-0.05, 0) is 87.5 Å². The van der Waals surface area contributed by atoms with Gasteiger partial charge in [-0.1, -0.05) is 0 Å². The lowest BCUT2D eigenvalue weighted by atomic mass is 9.50. The van der Waals surface area contributed by atoms with Gasteiger partial charge in [0.25, 0.3) is 5.91 Å². The van der Waals surface area contributed by atoms with Gasteiger partial charge in [0.2, 0.25) is 0 Å². The van der Waals surface area contributed by atoms with Crippen LogP contribution in [0.15, 0.2) is 12.1 Å². The standard InChI is InChI=1S/C25H33FN2O5S/c26-21-10-22(33-14-25-11-15-6-16(12-25)8-17(7-15)13-25)20(23(29)18-2-3-18)9-19(21)24(30)27-34(31,32)28-4-1-5-28/h9-10,15-18,23,29H,1-8,11-14H2,(H,27,30). The van der Waals surface area contributed by atoms with Crippen LogP contribution in [-0.2, 0) is 10.2 Å². The Morgan fingerprint density at radius 1 is 1.15 bits per heavy atom. The van der Waals surface area contributed by atoms with Gasteiger partial charge >= 0.3 is 10.2 Å². The maximum Gasteiger partial charge on any atom is 0.304 e. The van der Waals surface area contributed by atoms with Crippen molar-refractivity contribution >= 4 is 16.1 Å². The number of nitrogens with one attached hydrogen (secondary N) is 1. The Morgan fingerprint density at radius 3 is 2.29 bits per heavy atom. The minimum atomic E-state index is -4.00. The molecule has 1 saturated heterocycles. The first-order valence-corrected chi connectivity index (χ1v) is 14.1. The van der Waals surface area contributed by atoms with E-state index in [1.165, 1.54) is 25.3 Å². The van der Waals surface area contributed by atoms with Crippen LogP contribution < -0.4 is 9.46 Å². The zero-order valence-electron chi connectivity index (χ0n) is 19.3. The molecule has 5 aliphatic carbocycles. The second kappa shape index (κ2) is 8.17. The van der Waals surface area contributed by atoms with Crippen LogP contribution in [0.3, 0.4) is 0 Å². The molecule has 34 heavy (non-hydrogen) atoms. The van der Waals surface area contributed by atoms with Gasteiger partial charge in [0.05, 0.1) is 18.3 Å². The van der Waals surface area contributed by atoms with Gasteiger partial charge in [-0.25, -0.2) is 9.11 Å². The average molecular weight is 493 g/mol. The second-order valence-electron chi connectivity index (χ2n) is 11.5. The highest BCUT2D eigenvalue weighted by molar-refractivity contribution is 7.87. The van der Waals surface area contributed by atoms with E-state index >= 15 is 4.39 Å². The predicted octanol–water partition coefficient (Wildman–Crippen LogP) is 3.54. The predicted molar refractivity (Wildman–Crippen MR) is 123 cm³/mol. The van der Waals surface area contributed by atoms with E-state index in [2.05, 4.69) is 0 Å². The third-order valence-electron chi connectivity index (χ3n) is 8.81. The Bertz CT molecular complexity index is 1060. The number of carbonyl (C=O) groups is 1. The highest BCUT2D eigenvalue weighted by Crippen LogP contribution is 2.60. The molecule has 1 heterocycles. The van der Waals surface area contributed by atoms with Crippen molar-refractivity contribution in [2.24, 2.45) is 29.1 Å². The fourth-order valence-electron chi connectivity index (χ4n) is 7.23. The van der Waals surface area contributed by atoms with E-state index in [-0.39, 0.29) is 22.6 Å². The Kier molecular flexibility index (Phi) is 5.46. The van der Waals surface area contributed by atoms with Crippen LogP contribution >= 0.6 is 0 Å². The highest BCUT2D eigenvalue weighted by atomic mass is 32.2. The number of amides is 1. The van der Waals surface area contributed by atoms with Crippen LogP contribution in [0.25, 0.3) is 0 Å². The minimum absolute atomic E-state index is 0.0492. The van der Waals surface area contributed by atoms with E-state index in [1.54, 1.807) is 0 Å². The Hall–Kier alpha value is -1.71. The maximum absolute atomic E-state index is 15.1. The first-order valence-electron chi connectivity index (χ1n) is 12.7. The molecule has 7 rings (SSSR count). The summed E-state index contributed by atoms with van der Waals surface area (Å²) in [6, 6.07) is 2.45. The third kappa shape index (κ3) is 4.13. The zero-order chi connectivity index (χ0) is 23.7. The normalized spacial score (nSPS) is 33.4. The van der Waals surface area contributed by atoms with Crippen molar-refractivity contribution in [2.45, 2.75) is 63.9 Å². The Morgan fingerprint density at radius 2 is 1.76 bits per heavy atom. The van der Waals surface area contributed by atoms with Gasteiger partial charge < -0.3 is 9.84 Å². The lowest BCUT2D eigenvalue weighted by molar-refractivity contribution is -0.0749. The molecule has 2 N–H and O–H groups in total. The Balaban J connectivity index is 1.24. The number of nitrogens with zero attached hydrogens (tertiary/aromatic N) is 1. The summed E-state index contributed by atoms with van der Waals surface area (Å²) in [6.07, 6.45) is 9.00. The molecule has 1 aromatic rings. The van der Waals surface area contributed by atoms with Crippen LogP contribution in [0, 0.1) is 34.9 Å². The highest BCUT2D eigenvalue weighted by Gasteiger charge is 2.51. The van der Waals surface area contributed by atoms with Crippen molar-refractivity contribution < 1.29 is 27.4 Å². The van der Waals surface area contributed by atoms with E-state index in [0.717, 1.165) is 66.7 Å². The molecular weight excluding hydrogens is 459 g/mol. The van der Waals surface area contributed by atoms with Gasteiger partial charge in [0.1, 0.15) is 11.6 Å². The monoisotopic (exact) mass is 492 g/mol. The lowest BCUT2D eigenvalue weighted by Gasteiger charge is -2.56. The van der Waals surface area contributed by atoms with Gasteiger partial charge in [-0.3, -0.25) is 4.79 Å². The largest absolute Gasteiger partial charge is 0.493 e. The minimum Gasteiger partial charge on any atom is -0.493 e. The summed E-state index contributed by atoms with van der Waals surface area (Å²) < 4.78 is 49.1. The van der Waals surface area contributed by atoms with Gasteiger partial charge in [-0.15, -0.1) is 0 Å². The van der Waals surface area contributed by atoms with E-state index in [4.69, 9.17) is 4.74 Å². The molecule has 1 unspecified atom stereocenters. The van der Waals surface area contributed by atoms with Crippen molar-refractivity contribution in [3.63, 3.8) is 0 Å². The summed E-state index contributed by atoms with van der Waals surface area (Å²) in [5.41, 5.74) is 0.107. The van der Waals surface area contributed by atoms with E-state index in [1.807, 2.05) is 4.72 Å². The third-order valence-corrected chi connectivity index (χ3v) is 10.3. The van der Waals surface area contributed by atoms with Crippen molar-refractivity contribution in [1.29, 1.82) is 0 Å². The van der Waals surface area contributed by atoms with Crippen molar-refractivity contribution in [1.82, 2.24) is 9.03 Å². The number of aliphatic hydroxyl groups is 1. The van der Waals surface area contributed by atoms with Crippen molar-refractivity contribution in [2.75, 3.05) is 19.7 Å². The maximum atomic E-state index is 15.1. The lowest BCUT2D eigenvalue weighted by Crippen LogP contribution is -2.49. The molecule has 0 spiro atoms. The SMILES string of the molecule is O=C(NS(=O)(=O)N1CCC1)c1cc(C(O)C2CC2)c(OCC23CC4CC(CC(C4)C2)C3)cc1F. The topological polar surface area (TPSA) is 95.9 Å². The molecule has 6 fully saturated rings. The quantitative estimate of drug-likeness (QED) is 0.579. The molecule has 1 amide bonds. The van der Waals surface area contributed by atoms with E-state index in [9.17, 15) is 18.3 Å².